The Morgan fingerprint density at radius 3 is 2.53 bits per heavy atom. The van der Waals surface area contributed by atoms with E-state index in [9.17, 15) is 13.2 Å². The number of benzene rings is 1. The third kappa shape index (κ3) is 3.85. The van der Waals surface area contributed by atoms with Crippen molar-refractivity contribution in [2.75, 3.05) is 12.4 Å². The van der Waals surface area contributed by atoms with E-state index in [1.54, 1.807) is 35.9 Å². The first-order chi connectivity index (χ1) is 13.8. The van der Waals surface area contributed by atoms with Crippen molar-refractivity contribution in [2.24, 2.45) is 7.05 Å². The van der Waals surface area contributed by atoms with E-state index in [0.717, 1.165) is 5.69 Å². The van der Waals surface area contributed by atoms with Crippen LogP contribution in [0.1, 0.15) is 17.1 Å². The van der Waals surface area contributed by atoms with Gasteiger partial charge in [-0.2, -0.15) is 18.2 Å². The molecule has 3 aromatic heterocycles. The van der Waals surface area contributed by atoms with Gasteiger partial charge in [0.15, 0.2) is 5.69 Å². The second-order valence-corrected chi connectivity index (χ2v) is 6.66. The number of aryl methyl sites for hydroxylation is 2. The van der Waals surface area contributed by atoms with Gasteiger partial charge >= 0.3 is 6.18 Å². The van der Waals surface area contributed by atoms with E-state index in [-0.39, 0.29) is 35.9 Å². The smallest absolute Gasteiger partial charge is 0.434 e. The SMILES string of the molecule is COc1ccc2c(c1)c1c(C(F)(F)F)nc(NCc3cccc(C)n3)nc1n2C.Cl. The molecule has 4 aromatic rings. The molecule has 158 valence electrons. The quantitative estimate of drug-likeness (QED) is 0.492. The Bertz CT molecular complexity index is 1220. The van der Waals surface area contributed by atoms with Crippen LogP contribution < -0.4 is 10.1 Å². The molecule has 0 radical (unpaired) electrons. The van der Waals surface area contributed by atoms with Crippen LogP contribution in [-0.4, -0.2) is 26.6 Å². The molecule has 3 heterocycles. The molecule has 10 heteroatoms. The van der Waals surface area contributed by atoms with Crippen LogP contribution in [0.3, 0.4) is 0 Å². The molecule has 0 aliphatic rings. The topological polar surface area (TPSA) is 64.9 Å². The first kappa shape index (κ1) is 21.6. The molecule has 4 rings (SSSR count). The summed E-state index contributed by atoms with van der Waals surface area (Å²) in [5.41, 5.74) is 1.32. The summed E-state index contributed by atoms with van der Waals surface area (Å²) in [6.45, 7) is 2.06. The highest BCUT2D eigenvalue weighted by molar-refractivity contribution is 6.08. The van der Waals surface area contributed by atoms with Crippen LogP contribution in [0.25, 0.3) is 21.9 Å². The first-order valence-corrected chi connectivity index (χ1v) is 8.85. The number of methoxy groups -OCH3 is 1. The highest BCUT2D eigenvalue weighted by atomic mass is 35.5. The summed E-state index contributed by atoms with van der Waals surface area (Å²) in [5, 5.41) is 3.21. The average molecular weight is 438 g/mol. The van der Waals surface area contributed by atoms with E-state index < -0.39 is 11.9 Å². The Morgan fingerprint density at radius 1 is 1.10 bits per heavy atom. The van der Waals surface area contributed by atoms with E-state index in [0.29, 0.717) is 22.3 Å². The van der Waals surface area contributed by atoms with E-state index in [4.69, 9.17) is 4.74 Å². The Hall–Kier alpha value is -3.07. The average Bonchev–Trinajstić information content (AvgIpc) is 2.97. The standard InChI is InChI=1S/C20H18F3N5O.ClH/c1-11-5-4-6-12(25-11)10-24-19-26-17(20(21,22)23)16-14-9-13(29-3)7-8-15(14)28(2)18(16)27-19;/h4-9H,10H2,1-3H3,(H,24,26,27);1H. The van der Waals surface area contributed by atoms with Crippen molar-refractivity contribution in [2.45, 2.75) is 19.6 Å². The van der Waals surface area contributed by atoms with Gasteiger partial charge in [0.1, 0.15) is 11.4 Å². The summed E-state index contributed by atoms with van der Waals surface area (Å²) in [6.07, 6.45) is -4.64. The molecule has 0 saturated heterocycles. The molecule has 0 bridgehead atoms. The van der Waals surface area contributed by atoms with Crippen molar-refractivity contribution < 1.29 is 17.9 Å². The highest BCUT2D eigenvalue weighted by Crippen LogP contribution is 2.39. The largest absolute Gasteiger partial charge is 0.497 e. The number of fused-ring (bicyclic) bond motifs is 3. The minimum Gasteiger partial charge on any atom is -0.497 e. The molecule has 30 heavy (non-hydrogen) atoms. The maximum Gasteiger partial charge on any atom is 0.434 e. The number of ether oxygens (including phenoxy) is 1. The Morgan fingerprint density at radius 2 is 1.87 bits per heavy atom. The Labute approximate surface area is 176 Å². The number of hydrogen-bond acceptors (Lipinski definition) is 5. The minimum absolute atomic E-state index is 0. The normalized spacial score (nSPS) is 11.5. The molecular weight excluding hydrogens is 419 g/mol. The number of pyridine rings is 1. The summed E-state index contributed by atoms with van der Waals surface area (Å²) in [4.78, 5) is 12.5. The van der Waals surface area contributed by atoms with Gasteiger partial charge in [0.25, 0.3) is 0 Å². The lowest BCUT2D eigenvalue weighted by atomic mass is 10.1. The maximum atomic E-state index is 13.9. The van der Waals surface area contributed by atoms with Gasteiger partial charge in [-0.3, -0.25) is 4.98 Å². The third-order valence-corrected chi connectivity index (χ3v) is 4.68. The number of rotatable bonds is 4. The number of alkyl halides is 3. The van der Waals surface area contributed by atoms with Crippen molar-refractivity contribution in [3.8, 4) is 5.75 Å². The molecule has 0 fully saturated rings. The number of aromatic nitrogens is 4. The van der Waals surface area contributed by atoms with Gasteiger partial charge in [-0.15, -0.1) is 12.4 Å². The summed E-state index contributed by atoms with van der Waals surface area (Å²) < 4.78 is 48.4. The molecule has 1 aromatic carbocycles. The minimum atomic E-state index is -4.64. The van der Waals surface area contributed by atoms with Crippen molar-refractivity contribution in [1.29, 1.82) is 0 Å². The fourth-order valence-electron chi connectivity index (χ4n) is 3.34. The van der Waals surface area contributed by atoms with Crippen LogP contribution >= 0.6 is 12.4 Å². The molecule has 0 atom stereocenters. The van der Waals surface area contributed by atoms with E-state index in [1.807, 2.05) is 19.1 Å². The van der Waals surface area contributed by atoms with Gasteiger partial charge in [-0.05, 0) is 37.3 Å². The lowest BCUT2D eigenvalue weighted by Crippen LogP contribution is -2.13. The zero-order chi connectivity index (χ0) is 20.8. The van der Waals surface area contributed by atoms with Crippen molar-refractivity contribution >= 4 is 40.3 Å². The van der Waals surface area contributed by atoms with Gasteiger partial charge in [0, 0.05) is 18.1 Å². The third-order valence-electron chi connectivity index (χ3n) is 4.68. The Kier molecular flexibility index (Phi) is 5.76. The molecule has 0 spiro atoms. The van der Waals surface area contributed by atoms with Crippen LogP contribution in [0, 0.1) is 6.92 Å². The number of nitrogens with zero attached hydrogens (tertiary/aromatic N) is 4. The molecule has 6 nitrogen and oxygen atoms in total. The first-order valence-electron chi connectivity index (χ1n) is 8.85. The Balaban J connectivity index is 0.00000256. The van der Waals surface area contributed by atoms with Crippen molar-refractivity contribution in [3.05, 3.63) is 53.5 Å². The summed E-state index contributed by atoms with van der Waals surface area (Å²) in [6, 6.07) is 10.4. The van der Waals surface area contributed by atoms with Crippen molar-refractivity contribution in [3.63, 3.8) is 0 Å². The predicted octanol–water partition coefficient (Wildman–Crippen LogP) is 4.89. The number of hydrogen-bond donors (Lipinski definition) is 1. The molecule has 0 aliphatic heterocycles. The van der Waals surface area contributed by atoms with Crippen molar-refractivity contribution in [1.82, 2.24) is 19.5 Å². The lowest BCUT2D eigenvalue weighted by molar-refractivity contribution is -0.139. The van der Waals surface area contributed by atoms with Crippen LogP contribution in [0.4, 0.5) is 19.1 Å². The van der Waals surface area contributed by atoms with Crippen LogP contribution in [0.2, 0.25) is 0 Å². The maximum absolute atomic E-state index is 13.9. The molecule has 0 saturated carbocycles. The van der Waals surface area contributed by atoms with Gasteiger partial charge in [-0.1, -0.05) is 6.07 Å². The van der Waals surface area contributed by atoms with Crippen LogP contribution in [0.15, 0.2) is 36.4 Å². The van der Waals surface area contributed by atoms with E-state index in [1.165, 1.54) is 7.11 Å². The van der Waals surface area contributed by atoms with Gasteiger partial charge in [0.05, 0.1) is 30.3 Å². The monoisotopic (exact) mass is 437 g/mol. The lowest BCUT2D eigenvalue weighted by Gasteiger charge is -2.11. The zero-order valence-electron chi connectivity index (χ0n) is 16.4. The number of nitrogens with one attached hydrogen (secondary N) is 1. The number of anilines is 1. The number of halogens is 4. The molecule has 0 amide bonds. The molecular formula is C20H19ClF3N5O. The predicted molar refractivity (Wildman–Crippen MR) is 111 cm³/mol. The summed E-state index contributed by atoms with van der Waals surface area (Å²) >= 11 is 0. The fraction of sp³-hybridized carbons (Fsp3) is 0.250. The van der Waals surface area contributed by atoms with Gasteiger partial charge in [-0.25, -0.2) is 4.98 Å². The second-order valence-electron chi connectivity index (χ2n) is 6.66. The van der Waals surface area contributed by atoms with E-state index in [2.05, 4.69) is 20.3 Å². The summed E-state index contributed by atoms with van der Waals surface area (Å²) in [5.74, 6) is 0.358. The highest BCUT2D eigenvalue weighted by Gasteiger charge is 2.37. The molecule has 0 aliphatic carbocycles. The fourth-order valence-corrected chi connectivity index (χ4v) is 3.34. The summed E-state index contributed by atoms with van der Waals surface area (Å²) in [7, 11) is 3.14. The molecule has 1 N–H and O–H groups in total. The zero-order valence-corrected chi connectivity index (χ0v) is 17.2. The van der Waals surface area contributed by atoms with Crippen LogP contribution in [-0.2, 0) is 19.8 Å². The van der Waals surface area contributed by atoms with E-state index >= 15 is 0 Å². The second kappa shape index (κ2) is 7.98. The van der Waals surface area contributed by atoms with Crippen LogP contribution in [0.5, 0.6) is 5.75 Å². The molecule has 0 unspecified atom stereocenters. The van der Waals surface area contributed by atoms with Gasteiger partial charge in [0.2, 0.25) is 5.95 Å². The van der Waals surface area contributed by atoms with Gasteiger partial charge < -0.3 is 14.6 Å².